The number of nitrogens with one attached hydrogen (secondary N) is 2. The number of hydrogen-bond donors (Lipinski definition) is 2. The maximum absolute atomic E-state index is 13.0. The summed E-state index contributed by atoms with van der Waals surface area (Å²) in [5, 5.41) is 5.72. The SMILES string of the molecule is CNCCCn1c(-c2ccccc2)cc(C(=O)Nc2cccc(C(F)(F)F)c2)c1C. The molecule has 30 heavy (non-hydrogen) atoms. The van der Waals surface area contributed by atoms with Crippen molar-refractivity contribution in [3.8, 4) is 11.3 Å². The Bertz CT molecular complexity index is 1010. The van der Waals surface area contributed by atoms with Crippen molar-refractivity contribution in [1.82, 2.24) is 9.88 Å². The summed E-state index contributed by atoms with van der Waals surface area (Å²) in [6, 6.07) is 16.2. The summed E-state index contributed by atoms with van der Waals surface area (Å²) in [4.78, 5) is 12.9. The third-order valence-electron chi connectivity index (χ3n) is 4.94. The van der Waals surface area contributed by atoms with Gasteiger partial charge in [0.2, 0.25) is 0 Å². The minimum Gasteiger partial charge on any atom is -0.344 e. The van der Waals surface area contributed by atoms with Crippen molar-refractivity contribution in [2.75, 3.05) is 18.9 Å². The fourth-order valence-electron chi connectivity index (χ4n) is 3.40. The summed E-state index contributed by atoms with van der Waals surface area (Å²) in [6.07, 6.45) is -3.59. The number of nitrogens with zero attached hydrogens (tertiary/aromatic N) is 1. The van der Waals surface area contributed by atoms with Gasteiger partial charge in [0, 0.05) is 23.6 Å². The molecule has 3 aromatic rings. The Morgan fingerprint density at radius 1 is 1.03 bits per heavy atom. The molecule has 1 aromatic heterocycles. The molecular weight excluding hydrogens is 391 g/mol. The van der Waals surface area contributed by atoms with Crippen LogP contribution in [0.25, 0.3) is 11.3 Å². The summed E-state index contributed by atoms with van der Waals surface area (Å²) < 4.78 is 41.0. The summed E-state index contributed by atoms with van der Waals surface area (Å²) in [5.41, 5.74) is 2.40. The number of carbonyl (C=O) groups excluding carboxylic acids is 1. The molecule has 0 aliphatic rings. The van der Waals surface area contributed by atoms with Crippen molar-refractivity contribution < 1.29 is 18.0 Å². The van der Waals surface area contributed by atoms with E-state index in [1.165, 1.54) is 12.1 Å². The molecule has 0 aliphatic heterocycles. The molecule has 0 aliphatic carbocycles. The number of halogens is 3. The van der Waals surface area contributed by atoms with Crippen LogP contribution in [-0.2, 0) is 12.7 Å². The van der Waals surface area contributed by atoms with Crippen molar-refractivity contribution in [2.24, 2.45) is 0 Å². The average Bonchev–Trinajstić information content (AvgIpc) is 3.05. The Kier molecular flexibility index (Phi) is 6.62. The van der Waals surface area contributed by atoms with Crippen LogP contribution in [-0.4, -0.2) is 24.1 Å². The van der Waals surface area contributed by atoms with Gasteiger partial charge in [0.05, 0.1) is 11.1 Å². The molecule has 0 unspecified atom stereocenters. The number of rotatable bonds is 7. The standard InChI is InChI=1S/C23H24F3N3O/c1-16-20(22(30)28-19-11-6-10-18(14-19)23(24,25)26)15-21(17-8-4-3-5-9-17)29(16)13-7-12-27-2/h3-6,8-11,14-15,27H,7,12-13H2,1-2H3,(H,28,30). The first-order chi connectivity index (χ1) is 14.3. The molecule has 0 atom stereocenters. The van der Waals surface area contributed by atoms with E-state index >= 15 is 0 Å². The van der Waals surface area contributed by atoms with Crippen molar-refractivity contribution in [1.29, 1.82) is 0 Å². The molecule has 0 bridgehead atoms. The molecule has 1 heterocycles. The molecule has 0 radical (unpaired) electrons. The fraction of sp³-hybridized carbons (Fsp3) is 0.261. The number of hydrogen-bond acceptors (Lipinski definition) is 2. The van der Waals surface area contributed by atoms with Crippen LogP contribution in [0.1, 0.15) is 28.0 Å². The number of alkyl halides is 3. The van der Waals surface area contributed by atoms with Crippen molar-refractivity contribution >= 4 is 11.6 Å². The second kappa shape index (κ2) is 9.17. The van der Waals surface area contributed by atoms with E-state index in [0.717, 1.165) is 42.0 Å². The number of carbonyl (C=O) groups is 1. The molecule has 0 saturated heterocycles. The molecule has 7 heteroatoms. The zero-order valence-electron chi connectivity index (χ0n) is 16.9. The summed E-state index contributed by atoms with van der Waals surface area (Å²) in [5.74, 6) is -0.434. The summed E-state index contributed by atoms with van der Waals surface area (Å²) in [6.45, 7) is 3.40. The topological polar surface area (TPSA) is 46.1 Å². The highest BCUT2D eigenvalue weighted by atomic mass is 19.4. The van der Waals surface area contributed by atoms with Gasteiger partial charge in [0.1, 0.15) is 0 Å². The maximum atomic E-state index is 13.0. The van der Waals surface area contributed by atoms with Gasteiger partial charge in [-0.2, -0.15) is 13.2 Å². The van der Waals surface area contributed by atoms with Crippen molar-refractivity contribution in [3.63, 3.8) is 0 Å². The van der Waals surface area contributed by atoms with Gasteiger partial charge in [0.15, 0.2) is 0 Å². The van der Waals surface area contributed by atoms with Crippen LogP contribution in [0.2, 0.25) is 0 Å². The quantitative estimate of drug-likeness (QED) is 0.512. The lowest BCUT2D eigenvalue weighted by Gasteiger charge is -2.12. The van der Waals surface area contributed by atoms with E-state index in [1.54, 1.807) is 6.07 Å². The minimum atomic E-state index is -4.46. The lowest BCUT2D eigenvalue weighted by molar-refractivity contribution is -0.137. The van der Waals surface area contributed by atoms with Gasteiger partial charge in [-0.1, -0.05) is 36.4 Å². The van der Waals surface area contributed by atoms with Gasteiger partial charge in [0.25, 0.3) is 5.91 Å². The first-order valence-corrected chi connectivity index (χ1v) is 9.70. The number of aromatic nitrogens is 1. The maximum Gasteiger partial charge on any atom is 0.416 e. The van der Waals surface area contributed by atoms with Crippen LogP contribution in [0.5, 0.6) is 0 Å². The lowest BCUT2D eigenvalue weighted by atomic mass is 10.1. The largest absolute Gasteiger partial charge is 0.416 e. The average molecular weight is 415 g/mol. The highest BCUT2D eigenvalue weighted by Crippen LogP contribution is 2.31. The molecule has 2 N–H and O–H groups in total. The van der Waals surface area contributed by atoms with Gasteiger partial charge in [-0.05, 0) is 56.8 Å². The van der Waals surface area contributed by atoms with Gasteiger partial charge >= 0.3 is 6.18 Å². The van der Waals surface area contributed by atoms with Crippen LogP contribution < -0.4 is 10.6 Å². The summed E-state index contributed by atoms with van der Waals surface area (Å²) >= 11 is 0. The van der Waals surface area contributed by atoms with Crippen LogP contribution in [0.15, 0.2) is 60.7 Å². The van der Waals surface area contributed by atoms with Crippen LogP contribution >= 0.6 is 0 Å². The predicted octanol–water partition coefficient (Wildman–Crippen LogP) is 5.34. The van der Waals surface area contributed by atoms with Gasteiger partial charge in [-0.25, -0.2) is 0 Å². The lowest BCUT2D eigenvalue weighted by Crippen LogP contribution is -2.15. The third-order valence-corrected chi connectivity index (χ3v) is 4.94. The highest BCUT2D eigenvalue weighted by Gasteiger charge is 2.30. The second-order valence-electron chi connectivity index (χ2n) is 7.04. The molecule has 2 aromatic carbocycles. The summed E-state index contributed by atoms with van der Waals surface area (Å²) in [7, 11) is 1.88. The van der Waals surface area contributed by atoms with Gasteiger partial charge in [-0.3, -0.25) is 4.79 Å². The minimum absolute atomic E-state index is 0.110. The first kappa shape index (κ1) is 21.6. The Hall–Kier alpha value is -3.06. The van der Waals surface area contributed by atoms with E-state index in [2.05, 4.69) is 15.2 Å². The van der Waals surface area contributed by atoms with Crippen molar-refractivity contribution in [2.45, 2.75) is 26.1 Å². The third kappa shape index (κ3) is 4.91. The van der Waals surface area contributed by atoms with Crippen molar-refractivity contribution in [3.05, 3.63) is 77.5 Å². The molecule has 158 valence electrons. The smallest absolute Gasteiger partial charge is 0.344 e. The molecule has 1 amide bonds. The Morgan fingerprint density at radius 2 is 1.77 bits per heavy atom. The zero-order chi connectivity index (χ0) is 21.7. The predicted molar refractivity (Wildman–Crippen MR) is 113 cm³/mol. The van der Waals surface area contributed by atoms with E-state index in [1.807, 2.05) is 44.3 Å². The molecule has 0 spiro atoms. The number of benzene rings is 2. The van der Waals surface area contributed by atoms with E-state index in [4.69, 9.17) is 0 Å². The normalized spacial score (nSPS) is 11.5. The molecule has 0 fully saturated rings. The Labute approximate surface area is 173 Å². The molecule has 0 saturated carbocycles. The Morgan fingerprint density at radius 3 is 2.43 bits per heavy atom. The fourth-order valence-corrected chi connectivity index (χ4v) is 3.40. The van der Waals surface area contributed by atoms with E-state index in [-0.39, 0.29) is 5.69 Å². The molecule has 4 nitrogen and oxygen atoms in total. The zero-order valence-corrected chi connectivity index (χ0v) is 16.9. The first-order valence-electron chi connectivity index (χ1n) is 9.70. The van der Waals surface area contributed by atoms with E-state index < -0.39 is 17.6 Å². The van der Waals surface area contributed by atoms with Crippen LogP contribution in [0.4, 0.5) is 18.9 Å². The molecule has 3 rings (SSSR count). The van der Waals surface area contributed by atoms with E-state index in [9.17, 15) is 18.0 Å². The highest BCUT2D eigenvalue weighted by molar-refractivity contribution is 6.06. The molecular formula is C23H24F3N3O. The second-order valence-corrected chi connectivity index (χ2v) is 7.04. The van der Waals surface area contributed by atoms with Gasteiger partial charge < -0.3 is 15.2 Å². The van der Waals surface area contributed by atoms with Crippen LogP contribution in [0.3, 0.4) is 0 Å². The number of amides is 1. The van der Waals surface area contributed by atoms with Crippen LogP contribution in [0, 0.1) is 6.92 Å². The van der Waals surface area contributed by atoms with Gasteiger partial charge in [-0.15, -0.1) is 0 Å². The Balaban J connectivity index is 1.92. The van der Waals surface area contributed by atoms with E-state index in [0.29, 0.717) is 12.1 Å². The monoisotopic (exact) mass is 415 g/mol. The number of anilines is 1.